The van der Waals surface area contributed by atoms with Crippen molar-refractivity contribution in [3.63, 3.8) is 0 Å². The summed E-state index contributed by atoms with van der Waals surface area (Å²) in [6.07, 6.45) is 5.30. The van der Waals surface area contributed by atoms with Gasteiger partial charge in [0.2, 0.25) is 5.91 Å². The van der Waals surface area contributed by atoms with Gasteiger partial charge in [-0.2, -0.15) is 0 Å². The number of hydrogen-bond donors (Lipinski definition) is 1. The van der Waals surface area contributed by atoms with E-state index in [1.165, 1.54) is 23.0 Å². The minimum absolute atomic E-state index is 0.113. The van der Waals surface area contributed by atoms with Crippen LogP contribution < -0.4 is 10.9 Å². The Bertz CT molecular complexity index is 768. The summed E-state index contributed by atoms with van der Waals surface area (Å²) in [5.74, 6) is -0.240. The minimum atomic E-state index is -0.240. The van der Waals surface area contributed by atoms with Gasteiger partial charge in [0.1, 0.15) is 0 Å². The van der Waals surface area contributed by atoms with Crippen LogP contribution in [-0.2, 0) is 17.8 Å². The van der Waals surface area contributed by atoms with Crippen LogP contribution in [0.2, 0.25) is 5.02 Å². The summed E-state index contributed by atoms with van der Waals surface area (Å²) in [6, 6.07) is 8.78. The summed E-state index contributed by atoms with van der Waals surface area (Å²) >= 11 is 6.01. The molecule has 1 aromatic carbocycles. The van der Waals surface area contributed by atoms with E-state index in [0.717, 1.165) is 17.7 Å². The molecule has 0 aliphatic rings. The molecule has 0 aliphatic heterocycles. The molecule has 1 heterocycles. The molecule has 0 saturated carbocycles. The third-order valence-corrected chi connectivity index (χ3v) is 3.61. The lowest BCUT2D eigenvalue weighted by molar-refractivity contribution is -0.116. The zero-order chi connectivity index (χ0) is 16.7. The van der Waals surface area contributed by atoms with Crippen molar-refractivity contribution < 1.29 is 4.79 Å². The zero-order valence-electron chi connectivity index (χ0n) is 12.8. The Kier molecular flexibility index (Phi) is 6.11. The highest BCUT2D eigenvalue weighted by atomic mass is 35.5. The number of halogens is 1. The van der Waals surface area contributed by atoms with Crippen molar-refractivity contribution >= 4 is 23.6 Å². The van der Waals surface area contributed by atoms with E-state index in [9.17, 15) is 9.59 Å². The fourth-order valence-corrected chi connectivity index (χ4v) is 2.16. The van der Waals surface area contributed by atoms with Crippen molar-refractivity contribution in [1.29, 1.82) is 0 Å². The Hall–Kier alpha value is -2.40. The highest BCUT2D eigenvalue weighted by Crippen LogP contribution is 2.15. The summed E-state index contributed by atoms with van der Waals surface area (Å²) in [4.78, 5) is 27.7. The standard InChI is InChI=1S/C17H18ClN3O2/c1-2-14-11-17(23)21(12-20-14)10-9-19-16(22)8-7-13-5-3-4-6-15(13)18/h3-8,11-12H,2,9-10H2,1H3,(H,19,22)/b8-7+. The van der Waals surface area contributed by atoms with Crippen molar-refractivity contribution in [2.75, 3.05) is 6.54 Å². The van der Waals surface area contributed by atoms with Crippen molar-refractivity contribution in [2.24, 2.45) is 0 Å². The van der Waals surface area contributed by atoms with E-state index in [2.05, 4.69) is 10.3 Å². The molecule has 0 unspecified atom stereocenters. The average Bonchev–Trinajstić information content (AvgIpc) is 2.55. The number of aromatic nitrogens is 2. The summed E-state index contributed by atoms with van der Waals surface area (Å²) in [5.41, 5.74) is 1.43. The number of aryl methyl sites for hydroxylation is 1. The second-order valence-corrected chi connectivity index (χ2v) is 5.32. The largest absolute Gasteiger partial charge is 0.351 e. The molecule has 1 N–H and O–H groups in total. The maximum atomic E-state index is 11.8. The van der Waals surface area contributed by atoms with E-state index in [1.54, 1.807) is 12.1 Å². The number of rotatable bonds is 6. The van der Waals surface area contributed by atoms with E-state index in [-0.39, 0.29) is 11.5 Å². The van der Waals surface area contributed by atoms with Crippen LogP contribution in [0.4, 0.5) is 0 Å². The average molecular weight is 332 g/mol. The van der Waals surface area contributed by atoms with Gasteiger partial charge in [0, 0.05) is 35.9 Å². The van der Waals surface area contributed by atoms with Gasteiger partial charge in [-0.3, -0.25) is 14.2 Å². The summed E-state index contributed by atoms with van der Waals surface area (Å²) in [6.45, 7) is 2.66. The molecule has 1 amide bonds. The molecule has 0 atom stereocenters. The Labute approximate surface area is 139 Å². The van der Waals surface area contributed by atoms with Gasteiger partial charge in [0.05, 0.1) is 6.33 Å². The first-order chi connectivity index (χ1) is 11.1. The first-order valence-corrected chi connectivity index (χ1v) is 7.73. The lowest BCUT2D eigenvalue weighted by Crippen LogP contribution is -2.30. The molecule has 1 aromatic heterocycles. The smallest absolute Gasteiger partial charge is 0.253 e. The van der Waals surface area contributed by atoms with Crippen LogP contribution in [0.1, 0.15) is 18.2 Å². The first kappa shape index (κ1) is 17.0. The molecule has 0 fully saturated rings. The number of carbonyl (C=O) groups is 1. The van der Waals surface area contributed by atoms with Crippen molar-refractivity contribution in [2.45, 2.75) is 19.9 Å². The van der Waals surface area contributed by atoms with Gasteiger partial charge in [-0.25, -0.2) is 4.98 Å². The van der Waals surface area contributed by atoms with Gasteiger partial charge in [-0.05, 0) is 24.1 Å². The fourth-order valence-electron chi connectivity index (χ4n) is 1.96. The van der Waals surface area contributed by atoms with Crippen LogP contribution in [0.25, 0.3) is 6.08 Å². The van der Waals surface area contributed by atoms with Crippen LogP contribution in [0, 0.1) is 0 Å². The van der Waals surface area contributed by atoms with Gasteiger partial charge >= 0.3 is 0 Å². The second-order valence-electron chi connectivity index (χ2n) is 4.91. The number of carbonyl (C=O) groups excluding carboxylic acids is 1. The number of nitrogens with zero attached hydrogens (tertiary/aromatic N) is 2. The van der Waals surface area contributed by atoms with Gasteiger partial charge in [-0.15, -0.1) is 0 Å². The molecule has 0 radical (unpaired) electrons. The molecule has 5 nitrogen and oxygen atoms in total. The van der Waals surface area contributed by atoms with Crippen molar-refractivity contribution in [3.8, 4) is 0 Å². The van der Waals surface area contributed by atoms with Crippen LogP contribution in [0.15, 0.2) is 47.5 Å². The highest BCUT2D eigenvalue weighted by Gasteiger charge is 2.00. The zero-order valence-corrected chi connectivity index (χ0v) is 13.6. The molecule has 2 aromatic rings. The monoisotopic (exact) mass is 331 g/mol. The van der Waals surface area contributed by atoms with Gasteiger partial charge in [0.15, 0.2) is 0 Å². The molecule has 6 heteroatoms. The quantitative estimate of drug-likeness (QED) is 0.826. The van der Waals surface area contributed by atoms with Gasteiger partial charge in [-0.1, -0.05) is 36.7 Å². The highest BCUT2D eigenvalue weighted by molar-refractivity contribution is 6.32. The maximum absolute atomic E-state index is 11.8. The van der Waals surface area contributed by atoms with E-state index in [0.29, 0.717) is 18.1 Å². The SMILES string of the molecule is CCc1cc(=O)n(CCNC(=O)/C=C/c2ccccc2Cl)cn1. The van der Waals surface area contributed by atoms with E-state index in [1.807, 2.05) is 25.1 Å². The Balaban J connectivity index is 1.86. The lowest BCUT2D eigenvalue weighted by atomic mass is 10.2. The summed E-state index contributed by atoms with van der Waals surface area (Å²) in [7, 11) is 0. The Morgan fingerprint density at radius 3 is 2.87 bits per heavy atom. The number of benzene rings is 1. The van der Waals surface area contributed by atoms with E-state index < -0.39 is 0 Å². The van der Waals surface area contributed by atoms with Crippen molar-refractivity contribution in [3.05, 3.63) is 69.4 Å². The van der Waals surface area contributed by atoms with Crippen LogP contribution >= 0.6 is 11.6 Å². The molecule has 0 aliphatic carbocycles. The first-order valence-electron chi connectivity index (χ1n) is 7.36. The normalized spacial score (nSPS) is 10.9. The molecule has 2 rings (SSSR count). The molecule has 0 saturated heterocycles. The maximum Gasteiger partial charge on any atom is 0.253 e. The van der Waals surface area contributed by atoms with E-state index in [4.69, 9.17) is 11.6 Å². The Morgan fingerprint density at radius 1 is 1.39 bits per heavy atom. The van der Waals surface area contributed by atoms with Crippen LogP contribution in [-0.4, -0.2) is 22.0 Å². The number of amides is 1. The lowest BCUT2D eigenvalue weighted by Gasteiger charge is -2.06. The van der Waals surface area contributed by atoms with E-state index >= 15 is 0 Å². The molecule has 0 spiro atoms. The molecular weight excluding hydrogens is 314 g/mol. The minimum Gasteiger partial charge on any atom is -0.351 e. The van der Waals surface area contributed by atoms with Crippen LogP contribution in [0.5, 0.6) is 0 Å². The van der Waals surface area contributed by atoms with Crippen LogP contribution in [0.3, 0.4) is 0 Å². The Morgan fingerprint density at radius 2 is 2.17 bits per heavy atom. The number of nitrogens with one attached hydrogen (secondary N) is 1. The number of hydrogen-bond acceptors (Lipinski definition) is 3. The summed E-state index contributed by atoms with van der Waals surface area (Å²) < 4.78 is 1.47. The molecular formula is C17H18ClN3O2. The third-order valence-electron chi connectivity index (χ3n) is 3.27. The topological polar surface area (TPSA) is 64.0 Å². The van der Waals surface area contributed by atoms with Crippen molar-refractivity contribution in [1.82, 2.24) is 14.9 Å². The molecule has 23 heavy (non-hydrogen) atoms. The summed E-state index contributed by atoms with van der Waals surface area (Å²) in [5, 5.41) is 3.31. The fraction of sp³-hybridized carbons (Fsp3) is 0.235. The third kappa shape index (κ3) is 5.07. The van der Waals surface area contributed by atoms with Gasteiger partial charge < -0.3 is 5.32 Å². The van der Waals surface area contributed by atoms with Gasteiger partial charge in [0.25, 0.3) is 5.56 Å². The molecule has 0 bridgehead atoms. The predicted octanol–water partition coefficient (Wildman–Crippen LogP) is 2.29. The molecule has 120 valence electrons. The second kappa shape index (κ2) is 8.29. The predicted molar refractivity (Wildman–Crippen MR) is 91.4 cm³/mol.